The van der Waals surface area contributed by atoms with Crippen LogP contribution in [0.3, 0.4) is 0 Å². The van der Waals surface area contributed by atoms with Gasteiger partial charge in [-0.1, -0.05) is 6.42 Å². The quantitative estimate of drug-likeness (QED) is 0.861. The van der Waals surface area contributed by atoms with Crippen molar-refractivity contribution < 1.29 is 0 Å². The fourth-order valence-corrected chi connectivity index (χ4v) is 3.03. The molecule has 2 rings (SSSR count). The van der Waals surface area contributed by atoms with E-state index in [0.717, 1.165) is 5.92 Å². The highest BCUT2D eigenvalue weighted by molar-refractivity contribution is 5.85. The molecule has 2 aliphatic rings. The summed E-state index contributed by atoms with van der Waals surface area (Å²) in [5.74, 6) is 0.978. The third-order valence-electron chi connectivity index (χ3n) is 4.19. The molecular formula is C13H28Cl2N2. The van der Waals surface area contributed by atoms with Crippen LogP contribution in [0.15, 0.2) is 0 Å². The lowest BCUT2D eigenvalue weighted by molar-refractivity contribution is 0.198. The average molecular weight is 283 g/mol. The molecule has 0 aromatic carbocycles. The van der Waals surface area contributed by atoms with Gasteiger partial charge in [0.25, 0.3) is 0 Å². The highest BCUT2D eigenvalue weighted by Crippen LogP contribution is 2.26. The van der Waals surface area contributed by atoms with Crippen LogP contribution in [-0.4, -0.2) is 30.6 Å². The van der Waals surface area contributed by atoms with Crippen molar-refractivity contribution in [1.82, 2.24) is 4.90 Å². The SMILES string of the molecule is Cl.Cl.NC1CCC(CCN2CCCCC2)CC1. The van der Waals surface area contributed by atoms with Crippen molar-refractivity contribution in [3.8, 4) is 0 Å². The molecule has 1 aliphatic carbocycles. The molecule has 104 valence electrons. The van der Waals surface area contributed by atoms with Crippen LogP contribution in [0.1, 0.15) is 51.4 Å². The van der Waals surface area contributed by atoms with Crippen LogP contribution >= 0.6 is 24.8 Å². The molecule has 1 saturated heterocycles. The molecular weight excluding hydrogens is 255 g/mol. The van der Waals surface area contributed by atoms with E-state index in [1.54, 1.807) is 0 Å². The van der Waals surface area contributed by atoms with E-state index in [9.17, 15) is 0 Å². The number of likely N-dealkylation sites (tertiary alicyclic amines) is 1. The van der Waals surface area contributed by atoms with Gasteiger partial charge < -0.3 is 10.6 Å². The third kappa shape index (κ3) is 6.28. The largest absolute Gasteiger partial charge is 0.328 e. The molecule has 1 aliphatic heterocycles. The molecule has 4 heteroatoms. The fraction of sp³-hybridized carbons (Fsp3) is 1.00. The van der Waals surface area contributed by atoms with Crippen molar-refractivity contribution in [3.05, 3.63) is 0 Å². The van der Waals surface area contributed by atoms with E-state index in [2.05, 4.69) is 4.90 Å². The van der Waals surface area contributed by atoms with Gasteiger partial charge in [0.1, 0.15) is 0 Å². The second-order valence-corrected chi connectivity index (χ2v) is 5.47. The predicted octanol–water partition coefficient (Wildman–Crippen LogP) is 3.22. The number of nitrogens with two attached hydrogens (primary N) is 1. The Kier molecular flexibility index (Phi) is 9.71. The van der Waals surface area contributed by atoms with Gasteiger partial charge in [-0.3, -0.25) is 0 Å². The van der Waals surface area contributed by atoms with Gasteiger partial charge >= 0.3 is 0 Å². The first-order valence-electron chi connectivity index (χ1n) is 6.82. The Labute approximate surface area is 119 Å². The van der Waals surface area contributed by atoms with Gasteiger partial charge in [-0.05, 0) is 70.5 Å². The maximum Gasteiger partial charge on any atom is 0.00390 e. The van der Waals surface area contributed by atoms with Crippen LogP contribution in [0, 0.1) is 5.92 Å². The summed E-state index contributed by atoms with van der Waals surface area (Å²) in [6, 6.07) is 0.510. The van der Waals surface area contributed by atoms with Crippen LogP contribution in [0.2, 0.25) is 0 Å². The summed E-state index contributed by atoms with van der Waals surface area (Å²) in [5.41, 5.74) is 5.93. The maximum atomic E-state index is 5.93. The molecule has 1 saturated carbocycles. The Balaban J connectivity index is 0.00000128. The molecule has 1 heterocycles. The standard InChI is InChI=1S/C13H26N2.2ClH/c14-13-6-4-12(5-7-13)8-11-15-9-2-1-3-10-15;;/h12-13H,1-11,14H2;2*1H. The Bertz CT molecular complexity index is 176. The summed E-state index contributed by atoms with van der Waals surface area (Å²) in [5, 5.41) is 0. The van der Waals surface area contributed by atoms with Crippen LogP contribution in [0.25, 0.3) is 0 Å². The van der Waals surface area contributed by atoms with Crippen molar-refractivity contribution in [2.45, 2.75) is 57.4 Å². The topological polar surface area (TPSA) is 29.3 Å². The fourth-order valence-electron chi connectivity index (χ4n) is 3.03. The first kappa shape index (κ1) is 17.5. The normalized spacial score (nSPS) is 30.2. The molecule has 0 bridgehead atoms. The van der Waals surface area contributed by atoms with Gasteiger partial charge in [-0.25, -0.2) is 0 Å². The summed E-state index contributed by atoms with van der Waals surface area (Å²) in [6.45, 7) is 4.05. The number of piperidine rings is 1. The minimum absolute atomic E-state index is 0. The maximum absolute atomic E-state index is 5.93. The number of hydrogen-bond acceptors (Lipinski definition) is 2. The predicted molar refractivity (Wildman–Crippen MR) is 79.3 cm³/mol. The van der Waals surface area contributed by atoms with Crippen LogP contribution < -0.4 is 5.73 Å². The first-order chi connectivity index (χ1) is 7.34. The van der Waals surface area contributed by atoms with E-state index in [4.69, 9.17) is 5.73 Å². The van der Waals surface area contributed by atoms with E-state index >= 15 is 0 Å². The zero-order valence-electron chi connectivity index (χ0n) is 10.8. The van der Waals surface area contributed by atoms with Gasteiger partial charge in [0.15, 0.2) is 0 Å². The van der Waals surface area contributed by atoms with Crippen molar-refractivity contribution in [2.24, 2.45) is 11.7 Å². The van der Waals surface area contributed by atoms with Crippen molar-refractivity contribution in [3.63, 3.8) is 0 Å². The molecule has 0 radical (unpaired) electrons. The summed E-state index contributed by atoms with van der Waals surface area (Å²) in [4.78, 5) is 2.66. The molecule has 2 fully saturated rings. The number of nitrogens with zero attached hydrogens (tertiary/aromatic N) is 1. The van der Waals surface area contributed by atoms with E-state index in [0.29, 0.717) is 6.04 Å². The number of rotatable bonds is 3. The monoisotopic (exact) mass is 282 g/mol. The molecule has 17 heavy (non-hydrogen) atoms. The summed E-state index contributed by atoms with van der Waals surface area (Å²) in [7, 11) is 0. The van der Waals surface area contributed by atoms with Crippen molar-refractivity contribution in [2.75, 3.05) is 19.6 Å². The zero-order chi connectivity index (χ0) is 10.5. The Morgan fingerprint density at radius 3 is 2.06 bits per heavy atom. The average Bonchev–Trinajstić information content (AvgIpc) is 2.30. The number of halogens is 2. The van der Waals surface area contributed by atoms with E-state index < -0.39 is 0 Å². The van der Waals surface area contributed by atoms with Gasteiger partial charge in [0.2, 0.25) is 0 Å². The minimum atomic E-state index is 0. The Morgan fingerprint density at radius 1 is 0.882 bits per heavy atom. The second kappa shape index (κ2) is 9.43. The second-order valence-electron chi connectivity index (χ2n) is 5.47. The summed E-state index contributed by atoms with van der Waals surface area (Å²) < 4.78 is 0. The van der Waals surface area contributed by atoms with Crippen LogP contribution in [0.4, 0.5) is 0 Å². The first-order valence-corrected chi connectivity index (χ1v) is 6.82. The van der Waals surface area contributed by atoms with Gasteiger partial charge in [-0.15, -0.1) is 24.8 Å². The Hall–Kier alpha value is 0.500. The van der Waals surface area contributed by atoms with E-state index in [-0.39, 0.29) is 24.8 Å². The number of hydrogen-bond donors (Lipinski definition) is 1. The molecule has 0 amide bonds. The minimum Gasteiger partial charge on any atom is -0.328 e. The van der Waals surface area contributed by atoms with E-state index in [1.165, 1.54) is 71.0 Å². The lowest BCUT2D eigenvalue weighted by Crippen LogP contribution is -2.33. The summed E-state index contributed by atoms with van der Waals surface area (Å²) in [6.07, 6.45) is 11.0. The highest BCUT2D eigenvalue weighted by atomic mass is 35.5. The molecule has 0 atom stereocenters. The smallest absolute Gasteiger partial charge is 0.00390 e. The molecule has 0 aromatic rings. The molecule has 0 aromatic heterocycles. The summed E-state index contributed by atoms with van der Waals surface area (Å²) >= 11 is 0. The molecule has 2 nitrogen and oxygen atoms in total. The van der Waals surface area contributed by atoms with Crippen molar-refractivity contribution in [1.29, 1.82) is 0 Å². The van der Waals surface area contributed by atoms with E-state index in [1.807, 2.05) is 0 Å². The van der Waals surface area contributed by atoms with Crippen LogP contribution in [0.5, 0.6) is 0 Å². The lowest BCUT2D eigenvalue weighted by atomic mass is 9.84. The van der Waals surface area contributed by atoms with Gasteiger partial charge in [0.05, 0.1) is 0 Å². The van der Waals surface area contributed by atoms with Gasteiger partial charge in [0, 0.05) is 6.04 Å². The Morgan fingerprint density at radius 2 is 1.47 bits per heavy atom. The molecule has 0 spiro atoms. The lowest BCUT2D eigenvalue weighted by Gasteiger charge is -2.30. The molecule has 2 N–H and O–H groups in total. The third-order valence-corrected chi connectivity index (χ3v) is 4.19. The molecule has 0 unspecified atom stereocenters. The van der Waals surface area contributed by atoms with Crippen molar-refractivity contribution >= 4 is 24.8 Å². The van der Waals surface area contributed by atoms with Gasteiger partial charge in [-0.2, -0.15) is 0 Å². The zero-order valence-corrected chi connectivity index (χ0v) is 12.4. The highest BCUT2D eigenvalue weighted by Gasteiger charge is 2.19. The van der Waals surface area contributed by atoms with Crippen LogP contribution in [-0.2, 0) is 0 Å².